The normalized spacial score (nSPS) is 19.1. The van der Waals surface area contributed by atoms with Crippen molar-refractivity contribution in [3.8, 4) is 5.75 Å². The van der Waals surface area contributed by atoms with Crippen LogP contribution < -0.4 is 16.0 Å². The molecule has 0 spiro atoms. The molecule has 3 N–H and O–H groups in total. The summed E-state index contributed by atoms with van der Waals surface area (Å²) >= 11 is 0. The van der Waals surface area contributed by atoms with Crippen LogP contribution >= 0.6 is 0 Å². The van der Waals surface area contributed by atoms with Crippen LogP contribution in [0.3, 0.4) is 0 Å². The third kappa shape index (κ3) is 2.11. The van der Waals surface area contributed by atoms with E-state index in [1.165, 1.54) is 17.5 Å². The second kappa shape index (κ2) is 5.26. The van der Waals surface area contributed by atoms with Crippen LogP contribution in [0.25, 0.3) is 0 Å². The molecule has 0 aliphatic heterocycles. The first-order chi connectivity index (χ1) is 8.66. The lowest BCUT2D eigenvalue weighted by Gasteiger charge is -2.46. The molecule has 1 fully saturated rings. The van der Waals surface area contributed by atoms with Crippen LogP contribution in [0.2, 0.25) is 0 Å². The first-order valence-electron chi connectivity index (χ1n) is 6.32. The maximum absolute atomic E-state index is 5.75. The quantitative estimate of drug-likeness (QED) is 0.620. The number of hydrogen-bond acceptors (Lipinski definition) is 4. The fourth-order valence-electron chi connectivity index (χ4n) is 2.76. The number of ether oxygens (including phenoxy) is 2. The van der Waals surface area contributed by atoms with Crippen molar-refractivity contribution in [3.63, 3.8) is 0 Å². The molecule has 1 aliphatic carbocycles. The van der Waals surface area contributed by atoms with Gasteiger partial charge in [0.2, 0.25) is 0 Å². The molecule has 4 heteroatoms. The number of nitrogens with two attached hydrogens (primary N) is 1. The van der Waals surface area contributed by atoms with E-state index in [1.54, 1.807) is 14.2 Å². The predicted molar refractivity (Wildman–Crippen MR) is 71.4 cm³/mol. The monoisotopic (exact) mass is 250 g/mol. The Morgan fingerprint density at radius 1 is 1.33 bits per heavy atom. The molecule has 1 aromatic carbocycles. The number of rotatable bonds is 5. The van der Waals surface area contributed by atoms with E-state index in [2.05, 4.69) is 18.4 Å². The molecule has 1 atom stereocenters. The molecule has 0 saturated heterocycles. The van der Waals surface area contributed by atoms with Gasteiger partial charge < -0.3 is 9.47 Å². The number of aryl methyl sites for hydroxylation is 1. The molecular formula is C14H22N2O2. The number of hydrazine groups is 1. The molecular weight excluding hydrogens is 228 g/mol. The van der Waals surface area contributed by atoms with E-state index in [4.69, 9.17) is 15.3 Å². The fourth-order valence-corrected chi connectivity index (χ4v) is 2.76. The molecule has 18 heavy (non-hydrogen) atoms. The molecule has 1 unspecified atom stereocenters. The molecule has 0 radical (unpaired) electrons. The summed E-state index contributed by atoms with van der Waals surface area (Å²) in [6.45, 7) is 2.07. The zero-order valence-corrected chi connectivity index (χ0v) is 11.3. The van der Waals surface area contributed by atoms with Gasteiger partial charge in [-0.2, -0.15) is 0 Å². The largest absolute Gasteiger partial charge is 0.497 e. The molecule has 0 heterocycles. The average molecular weight is 250 g/mol. The van der Waals surface area contributed by atoms with Gasteiger partial charge in [0, 0.05) is 7.11 Å². The van der Waals surface area contributed by atoms with Crippen molar-refractivity contribution in [2.45, 2.75) is 37.8 Å². The summed E-state index contributed by atoms with van der Waals surface area (Å²) in [5, 5.41) is 0. The van der Waals surface area contributed by atoms with Crippen molar-refractivity contribution in [3.05, 3.63) is 29.3 Å². The standard InChI is InChI=1S/C14H22N2O2/c1-10-9-11(17-2)5-6-12(10)13(16-15)14(18-3)7-4-8-14/h5-6,9,13,16H,4,7-8,15H2,1-3H3. The zero-order chi connectivity index (χ0) is 13.2. The average Bonchev–Trinajstić information content (AvgIpc) is 2.34. The van der Waals surface area contributed by atoms with Crippen LogP contribution in [0, 0.1) is 6.92 Å². The minimum Gasteiger partial charge on any atom is -0.497 e. The van der Waals surface area contributed by atoms with Crippen LogP contribution in [0.5, 0.6) is 5.75 Å². The van der Waals surface area contributed by atoms with Gasteiger partial charge in [0.25, 0.3) is 0 Å². The van der Waals surface area contributed by atoms with Gasteiger partial charge in [0.15, 0.2) is 0 Å². The highest BCUT2D eigenvalue weighted by Gasteiger charge is 2.45. The number of hydrogen-bond donors (Lipinski definition) is 2. The Kier molecular flexibility index (Phi) is 3.90. The Morgan fingerprint density at radius 3 is 2.44 bits per heavy atom. The Labute approximate surface area is 108 Å². The number of benzene rings is 1. The highest BCUT2D eigenvalue weighted by atomic mass is 16.5. The summed E-state index contributed by atoms with van der Waals surface area (Å²) in [6, 6.07) is 6.09. The van der Waals surface area contributed by atoms with Gasteiger partial charge in [-0.3, -0.25) is 11.3 Å². The van der Waals surface area contributed by atoms with Crippen molar-refractivity contribution < 1.29 is 9.47 Å². The van der Waals surface area contributed by atoms with E-state index in [-0.39, 0.29) is 11.6 Å². The van der Waals surface area contributed by atoms with Crippen molar-refractivity contribution in [1.82, 2.24) is 5.43 Å². The second-order valence-corrected chi connectivity index (χ2v) is 4.94. The van der Waals surface area contributed by atoms with Gasteiger partial charge >= 0.3 is 0 Å². The lowest BCUT2D eigenvalue weighted by Crippen LogP contribution is -2.52. The molecule has 0 aromatic heterocycles. The molecule has 0 amide bonds. The first-order valence-corrected chi connectivity index (χ1v) is 6.32. The molecule has 1 aromatic rings. The molecule has 0 bridgehead atoms. The van der Waals surface area contributed by atoms with E-state index in [9.17, 15) is 0 Å². The van der Waals surface area contributed by atoms with Gasteiger partial charge in [-0.1, -0.05) is 6.07 Å². The number of nitrogens with one attached hydrogen (secondary N) is 1. The van der Waals surface area contributed by atoms with E-state index >= 15 is 0 Å². The van der Waals surface area contributed by atoms with E-state index in [0.29, 0.717) is 0 Å². The molecule has 2 rings (SSSR count). The topological polar surface area (TPSA) is 56.5 Å². The highest BCUT2D eigenvalue weighted by Crippen LogP contribution is 2.45. The van der Waals surface area contributed by atoms with Crippen molar-refractivity contribution in [2.24, 2.45) is 5.84 Å². The zero-order valence-electron chi connectivity index (χ0n) is 11.3. The van der Waals surface area contributed by atoms with Gasteiger partial charge in [-0.15, -0.1) is 0 Å². The lowest BCUT2D eigenvalue weighted by atomic mass is 9.72. The summed E-state index contributed by atoms with van der Waals surface area (Å²) in [6.07, 6.45) is 3.29. The molecule has 1 saturated carbocycles. The summed E-state index contributed by atoms with van der Waals surface area (Å²) in [5.41, 5.74) is 5.11. The maximum Gasteiger partial charge on any atom is 0.119 e. The molecule has 4 nitrogen and oxygen atoms in total. The summed E-state index contributed by atoms with van der Waals surface area (Å²) in [7, 11) is 3.44. The summed E-state index contributed by atoms with van der Waals surface area (Å²) in [4.78, 5) is 0. The Hall–Kier alpha value is -1.10. The van der Waals surface area contributed by atoms with Crippen molar-refractivity contribution in [1.29, 1.82) is 0 Å². The van der Waals surface area contributed by atoms with Crippen LogP contribution in [-0.2, 0) is 4.74 Å². The van der Waals surface area contributed by atoms with Crippen LogP contribution in [0.4, 0.5) is 0 Å². The minimum absolute atomic E-state index is 0.0298. The van der Waals surface area contributed by atoms with Gasteiger partial charge in [0.1, 0.15) is 5.75 Å². The lowest BCUT2D eigenvalue weighted by molar-refractivity contribution is -0.1000. The highest BCUT2D eigenvalue weighted by molar-refractivity contribution is 5.38. The first kappa shape index (κ1) is 13.3. The predicted octanol–water partition coefficient (Wildman–Crippen LogP) is 2.08. The second-order valence-electron chi connectivity index (χ2n) is 4.94. The Balaban J connectivity index is 2.33. The Bertz CT molecular complexity index is 411. The summed E-state index contributed by atoms with van der Waals surface area (Å²) < 4.78 is 11.0. The third-order valence-corrected chi connectivity index (χ3v) is 4.09. The van der Waals surface area contributed by atoms with Crippen molar-refractivity contribution >= 4 is 0 Å². The van der Waals surface area contributed by atoms with Crippen LogP contribution in [-0.4, -0.2) is 19.8 Å². The molecule has 100 valence electrons. The van der Waals surface area contributed by atoms with Crippen LogP contribution in [0.1, 0.15) is 36.4 Å². The summed E-state index contributed by atoms with van der Waals surface area (Å²) in [5.74, 6) is 6.62. The number of methoxy groups -OCH3 is 2. The fraction of sp³-hybridized carbons (Fsp3) is 0.571. The van der Waals surface area contributed by atoms with Crippen molar-refractivity contribution in [2.75, 3.05) is 14.2 Å². The third-order valence-electron chi connectivity index (χ3n) is 4.09. The Morgan fingerprint density at radius 2 is 2.06 bits per heavy atom. The smallest absolute Gasteiger partial charge is 0.119 e. The minimum atomic E-state index is -0.159. The van der Waals surface area contributed by atoms with E-state index in [1.807, 2.05) is 12.1 Å². The van der Waals surface area contributed by atoms with Gasteiger partial charge in [0.05, 0.1) is 18.8 Å². The van der Waals surface area contributed by atoms with E-state index < -0.39 is 0 Å². The van der Waals surface area contributed by atoms with E-state index in [0.717, 1.165) is 18.6 Å². The maximum atomic E-state index is 5.75. The SMILES string of the molecule is COc1ccc(C(NN)C2(OC)CCC2)c(C)c1. The van der Waals surface area contributed by atoms with Gasteiger partial charge in [-0.05, 0) is 49.4 Å². The van der Waals surface area contributed by atoms with Crippen LogP contribution in [0.15, 0.2) is 18.2 Å². The molecule has 1 aliphatic rings. The van der Waals surface area contributed by atoms with Gasteiger partial charge in [-0.25, -0.2) is 0 Å².